The van der Waals surface area contributed by atoms with Gasteiger partial charge in [0.25, 0.3) is 15.9 Å². The van der Waals surface area contributed by atoms with Crippen LogP contribution in [0.1, 0.15) is 0 Å². The van der Waals surface area contributed by atoms with Gasteiger partial charge in [0.2, 0.25) is 0 Å². The minimum absolute atomic E-state index is 0.0266. The largest absolute Gasteiger partial charge is 0.861 e. The molecule has 0 aromatic carbocycles. The van der Waals surface area contributed by atoms with E-state index in [-0.39, 0.29) is 52.4 Å². The maximum absolute atomic E-state index is 12.4. The van der Waals surface area contributed by atoms with Crippen molar-refractivity contribution in [1.82, 2.24) is 19.6 Å². The number of hydrogen-bond donors (Lipinski definition) is 4. The van der Waals surface area contributed by atoms with Gasteiger partial charge >= 0.3 is 0 Å². The fraction of sp³-hybridized carbons (Fsp3) is 0.800. The molecule has 0 radical (unpaired) electrons. The van der Waals surface area contributed by atoms with Gasteiger partial charge in [-0.05, 0) is 23.6 Å². The maximum Gasteiger partial charge on any atom is 0.251 e. The second kappa shape index (κ2) is 20.7. The van der Waals surface area contributed by atoms with Crippen molar-refractivity contribution in [3.63, 3.8) is 0 Å². The van der Waals surface area contributed by atoms with Crippen molar-refractivity contribution in [2.75, 3.05) is 104 Å². The molecule has 4 N–H and O–H groups in total. The highest BCUT2D eigenvalue weighted by molar-refractivity contribution is 7.57. The first-order valence-corrected chi connectivity index (χ1v) is 20.8. The van der Waals surface area contributed by atoms with Gasteiger partial charge in [0.15, 0.2) is 12.6 Å². The Labute approximate surface area is 277 Å². The molecule has 48 heavy (non-hydrogen) atoms. The monoisotopic (exact) mass is 768 g/mol. The SMILES string of the molecule is [O-]C(CN1CCN(CC([O-])=NC[P+]([O-])([O-])[O-])CCN(CC([O-])=NC[P+]([O-])(O)O)CCN(CC([O-])=NC[P+]([O-])(O)O)CC1)=NC[P+]([O-])([O-])[O-]. The summed E-state index contributed by atoms with van der Waals surface area (Å²) in [5, 5.41) is 49.5. The van der Waals surface area contributed by atoms with Crippen molar-refractivity contribution in [2.45, 2.75) is 0 Å². The highest BCUT2D eigenvalue weighted by atomic mass is 31.2. The first kappa shape index (κ1) is 45.0. The Balaban J connectivity index is 3.34. The van der Waals surface area contributed by atoms with Crippen molar-refractivity contribution in [1.29, 1.82) is 0 Å². The summed E-state index contributed by atoms with van der Waals surface area (Å²) in [7, 11) is -19.6. The zero-order valence-corrected chi connectivity index (χ0v) is 28.9. The summed E-state index contributed by atoms with van der Waals surface area (Å²) >= 11 is 0. The molecular weight excluding hydrogens is 732 g/mol. The van der Waals surface area contributed by atoms with Gasteiger partial charge in [-0.2, -0.15) is 0 Å². The van der Waals surface area contributed by atoms with Gasteiger partial charge in [-0.15, -0.1) is 15.9 Å². The molecule has 0 spiro atoms. The Hall–Kier alpha value is -1.04. The Bertz CT molecular complexity index is 914. The predicted octanol–water partition coefficient (Wildman–Crippen LogP) is -14.0. The van der Waals surface area contributed by atoms with Crippen molar-refractivity contribution >= 4 is 55.4 Å². The molecule has 1 aliphatic rings. The minimum atomic E-state index is -5.14. The lowest BCUT2D eigenvalue weighted by atomic mass is 10.3. The molecule has 1 rings (SSSR count). The van der Waals surface area contributed by atoms with E-state index in [4.69, 9.17) is 19.6 Å². The minimum Gasteiger partial charge on any atom is -0.861 e. The molecule has 1 fully saturated rings. The predicted molar refractivity (Wildman–Crippen MR) is 152 cm³/mol. The molecular formula is C20H36N8O16P4-8. The van der Waals surface area contributed by atoms with Gasteiger partial charge in [0.05, 0.1) is 0 Å². The summed E-state index contributed by atoms with van der Waals surface area (Å²) in [6, 6.07) is 0. The van der Waals surface area contributed by atoms with Crippen molar-refractivity contribution in [3.8, 4) is 0 Å². The van der Waals surface area contributed by atoms with Crippen LogP contribution in [0.5, 0.6) is 0 Å². The van der Waals surface area contributed by atoms with Crippen LogP contribution in [0.15, 0.2) is 20.0 Å². The third-order valence-electron chi connectivity index (χ3n) is 6.07. The van der Waals surface area contributed by atoms with Gasteiger partial charge in [0.1, 0.15) is 12.6 Å². The van der Waals surface area contributed by atoms with E-state index in [1.165, 1.54) is 19.6 Å². The number of aliphatic imine (C=N–C) groups is 4. The third kappa shape index (κ3) is 25.0. The Morgan fingerprint density at radius 1 is 0.396 bits per heavy atom. The molecule has 0 aliphatic carbocycles. The second-order valence-corrected chi connectivity index (χ2v) is 16.7. The van der Waals surface area contributed by atoms with Gasteiger partial charge < -0.3 is 59.6 Å². The number of nitrogens with zero attached hydrogens (tertiary/aromatic N) is 8. The second-order valence-electron chi connectivity index (χ2n) is 10.4. The van der Waals surface area contributed by atoms with Gasteiger partial charge in [-0.1, -0.05) is 0 Å². The quantitative estimate of drug-likeness (QED) is 0.0643. The molecule has 280 valence electrons. The summed E-state index contributed by atoms with van der Waals surface area (Å²) in [5.41, 5.74) is 0. The Kier molecular flexibility index (Phi) is 19.4. The topological polar surface area (TPSA) is 420 Å². The molecule has 0 unspecified atom stereocenters. The molecule has 0 aromatic rings. The molecule has 0 saturated carbocycles. The highest BCUT2D eigenvalue weighted by Gasteiger charge is 2.20. The molecule has 0 amide bonds. The molecule has 1 saturated heterocycles. The summed E-state index contributed by atoms with van der Waals surface area (Å²) in [6.07, 6.45) is -4.73. The van der Waals surface area contributed by atoms with Crippen LogP contribution < -0.4 is 59.6 Å². The molecule has 0 aromatic heterocycles. The van der Waals surface area contributed by atoms with Crippen LogP contribution in [0.4, 0.5) is 0 Å². The van der Waals surface area contributed by atoms with E-state index in [0.717, 1.165) is 0 Å². The van der Waals surface area contributed by atoms with Crippen molar-refractivity contribution < 1.29 is 79.1 Å². The molecule has 24 nitrogen and oxygen atoms in total. The van der Waals surface area contributed by atoms with Crippen LogP contribution >= 0.6 is 31.8 Å². The summed E-state index contributed by atoms with van der Waals surface area (Å²) in [5.74, 6) is -3.82. The first-order valence-electron chi connectivity index (χ1n) is 13.7. The summed E-state index contributed by atoms with van der Waals surface area (Å²) < 4.78 is 0. The maximum atomic E-state index is 12.4. The average molecular weight is 768 g/mol. The molecule has 1 heterocycles. The summed E-state index contributed by atoms with van der Waals surface area (Å²) in [6.45, 7) is -2.30. The molecule has 0 bridgehead atoms. The Morgan fingerprint density at radius 3 is 0.750 bits per heavy atom. The zero-order chi connectivity index (χ0) is 36.8. The van der Waals surface area contributed by atoms with Crippen LogP contribution in [0, 0.1) is 0 Å². The van der Waals surface area contributed by atoms with E-state index in [9.17, 15) is 59.6 Å². The number of rotatable bonds is 16. The van der Waals surface area contributed by atoms with E-state index < -0.39 is 107 Å². The Morgan fingerprint density at radius 2 is 0.583 bits per heavy atom. The summed E-state index contributed by atoms with van der Waals surface area (Å²) in [4.78, 5) is 143. The lowest BCUT2D eigenvalue weighted by Crippen LogP contribution is -2.51. The fourth-order valence-electron chi connectivity index (χ4n) is 3.85. The number of hydrogen-bond acceptors (Lipinski definition) is 24. The van der Waals surface area contributed by atoms with E-state index in [1.54, 1.807) is 0 Å². The van der Waals surface area contributed by atoms with Gasteiger partial charge in [-0.3, -0.25) is 39.6 Å². The first-order chi connectivity index (χ1) is 21.9. The lowest BCUT2D eigenvalue weighted by Gasteiger charge is -2.41. The van der Waals surface area contributed by atoms with Crippen LogP contribution in [-0.4, -0.2) is 166 Å². The fourth-order valence-corrected chi connectivity index (χ4v) is 5.19. The third-order valence-corrected chi connectivity index (χ3v) is 8.06. The standard InChI is InChI=1S/C20H44N8O16P4/c29-17(21-13-45(33,34)35)9-25-1-2-26(10-18(30)22-14-46(36,37)38)5-6-28(12-20(32)24-16-48(42,43)44)8-7-27(4-3-25)11-19(31)23-15-47(39,40)41/h1-16H2,(H,21,29)(H,22,30)(H,23,31)(H,24,32)(H2,33,34,35)(H2,36,37,38)(H2,39,40,41)(H2,42,43,44)/p-8. The van der Waals surface area contributed by atoms with E-state index >= 15 is 0 Å². The van der Waals surface area contributed by atoms with Crippen LogP contribution in [0.3, 0.4) is 0 Å². The van der Waals surface area contributed by atoms with Crippen LogP contribution in [0.2, 0.25) is 0 Å². The van der Waals surface area contributed by atoms with Crippen molar-refractivity contribution in [2.24, 2.45) is 20.0 Å². The highest BCUT2D eigenvalue weighted by Crippen LogP contribution is 2.39. The van der Waals surface area contributed by atoms with E-state index in [2.05, 4.69) is 20.0 Å². The van der Waals surface area contributed by atoms with Gasteiger partial charge in [0, 0.05) is 78.5 Å². The van der Waals surface area contributed by atoms with Gasteiger partial charge in [-0.25, -0.2) is 19.6 Å². The smallest absolute Gasteiger partial charge is 0.251 e. The van der Waals surface area contributed by atoms with Crippen LogP contribution in [0.25, 0.3) is 0 Å². The molecule has 0 atom stereocenters. The average Bonchev–Trinajstić information content (AvgIpc) is 2.92. The van der Waals surface area contributed by atoms with E-state index in [1.807, 2.05) is 0 Å². The van der Waals surface area contributed by atoms with Crippen LogP contribution in [-0.2, 0) is 0 Å². The molecule has 28 heteroatoms. The van der Waals surface area contributed by atoms with E-state index in [0.29, 0.717) is 0 Å². The zero-order valence-electron chi connectivity index (χ0n) is 25.4. The lowest BCUT2D eigenvalue weighted by molar-refractivity contribution is -0.429. The van der Waals surface area contributed by atoms with Crippen molar-refractivity contribution in [3.05, 3.63) is 0 Å². The molecule has 1 aliphatic heterocycles. The normalized spacial score (nSPS) is 19.8.